The zero-order chi connectivity index (χ0) is 11.8. The summed E-state index contributed by atoms with van der Waals surface area (Å²) in [6, 6.07) is 6.59. The molecule has 2 amide bonds. The molecule has 0 spiro atoms. The Morgan fingerprint density at radius 3 is 3.00 bits per heavy atom. The van der Waals surface area contributed by atoms with Crippen LogP contribution in [0.25, 0.3) is 0 Å². The van der Waals surface area contributed by atoms with Crippen molar-refractivity contribution >= 4 is 12.2 Å². The average molecular weight is 219 g/mol. The molecule has 0 aromatic heterocycles. The molecule has 1 rings (SSSR count). The number of amides is 2. The van der Waals surface area contributed by atoms with Gasteiger partial charge in [-0.25, -0.2) is 10.2 Å². The number of hydrazone groups is 1. The molecule has 5 nitrogen and oxygen atoms in total. The molecule has 0 unspecified atom stereocenters. The number of benzene rings is 1. The maximum Gasteiger partial charge on any atom is 0.332 e. The van der Waals surface area contributed by atoms with Crippen LogP contribution < -0.4 is 15.9 Å². The summed E-state index contributed by atoms with van der Waals surface area (Å²) < 4.78 is 5.39. The Balaban J connectivity index is 2.73. The fourth-order valence-corrected chi connectivity index (χ4v) is 1.03. The lowest BCUT2D eigenvalue weighted by molar-refractivity contribution is 0.249. The second kappa shape index (κ2) is 6.23. The van der Waals surface area contributed by atoms with Gasteiger partial charge in [0, 0.05) is 5.56 Å². The summed E-state index contributed by atoms with van der Waals surface area (Å²) in [7, 11) is 0. The van der Waals surface area contributed by atoms with E-state index in [9.17, 15) is 4.79 Å². The van der Waals surface area contributed by atoms with Crippen molar-refractivity contribution in [2.24, 2.45) is 10.8 Å². The van der Waals surface area contributed by atoms with Crippen LogP contribution in [-0.4, -0.2) is 18.9 Å². The number of urea groups is 1. The fourth-order valence-electron chi connectivity index (χ4n) is 1.03. The third-order valence-corrected chi connectivity index (χ3v) is 1.65. The normalized spacial score (nSPS) is 10.0. The SMILES string of the molecule is C=CCOc1ccccc1C=NNC(N)=O. The molecule has 3 N–H and O–H groups in total. The van der Waals surface area contributed by atoms with Crippen LogP contribution in [0.2, 0.25) is 0 Å². The summed E-state index contributed by atoms with van der Waals surface area (Å²) in [4.78, 5) is 10.4. The van der Waals surface area contributed by atoms with E-state index in [0.717, 1.165) is 5.56 Å². The van der Waals surface area contributed by atoms with E-state index in [-0.39, 0.29) is 0 Å². The number of hydrogen-bond donors (Lipinski definition) is 2. The van der Waals surface area contributed by atoms with Crippen molar-refractivity contribution in [2.75, 3.05) is 6.61 Å². The van der Waals surface area contributed by atoms with Gasteiger partial charge in [0.15, 0.2) is 0 Å². The Bertz CT molecular complexity index is 402. The van der Waals surface area contributed by atoms with Crippen LogP contribution in [0.5, 0.6) is 5.75 Å². The molecular weight excluding hydrogens is 206 g/mol. The molecule has 1 aromatic carbocycles. The number of carbonyl (C=O) groups is 1. The lowest BCUT2D eigenvalue weighted by Gasteiger charge is -2.05. The van der Waals surface area contributed by atoms with Crippen LogP contribution in [0.3, 0.4) is 0 Å². The zero-order valence-corrected chi connectivity index (χ0v) is 8.72. The largest absolute Gasteiger partial charge is 0.489 e. The van der Waals surface area contributed by atoms with Crippen LogP contribution in [0.1, 0.15) is 5.56 Å². The highest BCUT2D eigenvalue weighted by atomic mass is 16.5. The quantitative estimate of drug-likeness (QED) is 0.444. The van der Waals surface area contributed by atoms with Crippen molar-refractivity contribution < 1.29 is 9.53 Å². The van der Waals surface area contributed by atoms with Crippen LogP contribution in [-0.2, 0) is 0 Å². The molecule has 0 aliphatic heterocycles. The zero-order valence-electron chi connectivity index (χ0n) is 8.72. The number of nitrogens with one attached hydrogen (secondary N) is 1. The second-order valence-corrected chi connectivity index (χ2v) is 2.87. The molecule has 0 fully saturated rings. The van der Waals surface area contributed by atoms with E-state index in [0.29, 0.717) is 12.4 Å². The van der Waals surface area contributed by atoms with Crippen molar-refractivity contribution in [1.82, 2.24) is 5.43 Å². The van der Waals surface area contributed by atoms with Gasteiger partial charge in [-0.2, -0.15) is 5.10 Å². The summed E-state index contributed by atoms with van der Waals surface area (Å²) >= 11 is 0. The minimum Gasteiger partial charge on any atom is -0.489 e. The molecule has 0 aliphatic rings. The number of para-hydroxylation sites is 1. The van der Waals surface area contributed by atoms with Crippen molar-refractivity contribution in [1.29, 1.82) is 0 Å². The van der Waals surface area contributed by atoms with Crippen molar-refractivity contribution in [3.63, 3.8) is 0 Å². The van der Waals surface area contributed by atoms with Crippen LogP contribution >= 0.6 is 0 Å². The highest BCUT2D eigenvalue weighted by Gasteiger charge is 1.98. The first-order valence-corrected chi connectivity index (χ1v) is 4.65. The molecule has 0 atom stereocenters. The lowest BCUT2D eigenvalue weighted by atomic mass is 10.2. The van der Waals surface area contributed by atoms with Gasteiger partial charge in [0.05, 0.1) is 6.21 Å². The van der Waals surface area contributed by atoms with Crippen LogP contribution in [0, 0.1) is 0 Å². The molecule has 1 aromatic rings. The van der Waals surface area contributed by atoms with Gasteiger partial charge in [0.1, 0.15) is 12.4 Å². The molecule has 0 bridgehead atoms. The van der Waals surface area contributed by atoms with Gasteiger partial charge in [0.2, 0.25) is 0 Å². The Morgan fingerprint density at radius 1 is 1.56 bits per heavy atom. The fraction of sp³-hybridized carbons (Fsp3) is 0.0909. The minimum atomic E-state index is -0.708. The third-order valence-electron chi connectivity index (χ3n) is 1.65. The second-order valence-electron chi connectivity index (χ2n) is 2.87. The first-order chi connectivity index (χ1) is 7.74. The standard InChI is InChI=1S/C11H13N3O2/c1-2-7-16-10-6-4-3-5-9(10)8-13-14-11(12)15/h2-6,8H,1,7H2,(H3,12,14,15). The van der Waals surface area contributed by atoms with Gasteiger partial charge in [0.25, 0.3) is 0 Å². The number of rotatable bonds is 5. The Hall–Kier alpha value is -2.30. The first-order valence-electron chi connectivity index (χ1n) is 4.65. The highest BCUT2D eigenvalue weighted by Crippen LogP contribution is 2.15. The smallest absolute Gasteiger partial charge is 0.332 e. The maximum absolute atomic E-state index is 10.4. The molecule has 0 aliphatic carbocycles. The molecule has 0 radical (unpaired) electrons. The lowest BCUT2D eigenvalue weighted by Crippen LogP contribution is -2.24. The number of ether oxygens (including phenoxy) is 1. The van der Waals surface area contributed by atoms with E-state index in [2.05, 4.69) is 17.1 Å². The van der Waals surface area contributed by atoms with E-state index in [1.54, 1.807) is 12.1 Å². The predicted octanol–water partition coefficient (Wildman–Crippen LogP) is 1.25. The Kier molecular flexibility index (Phi) is 4.59. The van der Waals surface area contributed by atoms with Gasteiger partial charge in [-0.05, 0) is 12.1 Å². The summed E-state index contributed by atoms with van der Waals surface area (Å²) in [5.41, 5.74) is 7.72. The van der Waals surface area contributed by atoms with Gasteiger partial charge >= 0.3 is 6.03 Å². The predicted molar refractivity (Wildman–Crippen MR) is 62.4 cm³/mol. The molecule has 0 saturated carbocycles. The molecule has 0 heterocycles. The molecule has 84 valence electrons. The van der Waals surface area contributed by atoms with Crippen molar-refractivity contribution in [3.8, 4) is 5.75 Å². The topological polar surface area (TPSA) is 76.7 Å². The number of carbonyl (C=O) groups excluding carboxylic acids is 1. The minimum absolute atomic E-state index is 0.411. The van der Waals surface area contributed by atoms with Gasteiger partial charge in [-0.3, -0.25) is 0 Å². The maximum atomic E-state index is 10.4. The van der Waals surface area contributed by atoms with Crippen molar-refractivity contribution in [3.05, 3.63) is 42.5 Å². The van der Waals surface area contributed by atoms with E-state index in [4.69, 9.17) is 10.5 Å². The number of nitrogens with zero attached hydrogens (tertiary/aromatic N) is 1. The average Bonchev–Trinajstić information content (AvgIpc) is 2.27. The summed E-state index contributed by atoms with van der Waals surface area (Å²) in [6.45, 7) is 3.97. The highest BCUT2D eigenvalue weighted by molar-refractivity contribution is 5.84. The monoisotopic (exact) mass is 219 g/mol. The summed E-state index contributed by atoms with van der Waals surface area (Å²) in [6.07, 6.45) is 3.11. The van der Waals surface area contributed by atoms with Gasteiger partial charge in [-0.15, -0.1) is 0 Å². The van der Waals surface area contributed by atoms with Gasteiger partial charge in [-0.1, -0.05) is 24.8 Å². The van der Waals surface area contributed by atoms with E-state index < -0.39 is 6.03 Å². The molecular formula is C11H13N3O2. The summed E-state index contributed by atoms with van der Waals surface area (Å²) in [5.74, 6) is 0.664. The van der Waals surface area contributed by atoms with E-state index in [1.165, 1.54) is 6.21 Å². The van der Waals surface area contributed by atoms with Gasteiger partial charge < -0.3 is 10.5 Å². The Morgan fingerprint density at radius 2 is 2.31 bits per heavy atom. The van der Waals surface area contributed by atoms with E-state index >= 15 is 0 Å². The molecule has 5 heteroatoms. The number of primary amides is 1. The van der Waals surface area contributed by atoms with Crippen LogP contribution in [0.4, 0.5) is 4.79 Å². The molecule has 0 saturated heterocycles. The number of hydrogen-bond acceptors (Lipinski definition) is 3. The Labute approximate surface area is 93.6 Å². The van der Waals surface area contributed by atoms with Crippen molar-refractivity contribution in [2.45, 2.75) is 0 Å². The third kappa shape index (κ3) is 3.83. The molecule has 16 heavy (non-hydrogen) atoms. The number of nitrogens with two attached hydrogens (primary N) is 1. The summed E-state index contributed by atoms with van der Waals surface area (Å²) in [5, 5.41) is 3.65. The first kappa shape index (κ1) is 11.8. The van der Waals surface area contributed by atoms with E-state index in [1.807, 2.05) is 18.2 Å². The van der Waals surface area contributed by atoms with Crippen LogP contribution in [0.15, 0.2) is 42.0 Å².